The van der Waals surface area contributed by atoms with E-state index >= 15 is 0 Å². The first-order valence-electron chi connectivity index (χ1n) is 7.13. The van der Waals surface area contributed by atoms with Gasteiger partial charge in [-0.25, -0.2) is 0 Å². The van der Waals surface area contributed by atoms with E-state index in [0.29, 0.717) is 32.0 Å². The van der Waals surface area contributed by atoms with Gasteiger partial charge in [-0.05, 0) is 18.9 Å². The predicted octanol–water partition coefficient (Wildman–Crippen LogP) is 3.13. The van der Waals surface area contributed by atoms with Crippen molar-refractivity contribution in [3.8, 4) is 0 Å². The third-order valence-corrected chi connectivity index (χ3v) is 3.61. The normalized spacial score (nSPS) is 21.4. The maximum atomic E-state index is 13.2. The van der Waals surface area contributed by atoms with Crippen molar-refractivity contribution in [1.82, 2.24) is 4.90 Å². The van der Waals surface area contributed by atoms with E-state index in [-0.39, 0.29) is 5.70 Å². The summed E-state index contributed by atoms with van der Waals surface area (Å²) >= 11 is 0. The largest absolute Gasteiger partial charge is 0.465 e. The molecular weight excluding hydrogens is 319 g/mol. The zero-order valence-electron chi connectivity index (χ0n) is 12.8. The Morgan fingerprint density at radius 3 is 2.09 bits per heavy atom. The van der Waals surface area contributed by atoms with E-state index < -0.39 is 33.7 Å². The predicted molar refractivity (Wildman–Crippen MR) is 75.7 cm³/mol. The van der Waals surface area contributed by atoms with Crippen molar-refractivity contribution < 1.29 is 23.0 Å². The number of allylic oxidation sites excluding steroid dienone is 1. The van der Waals surface area contributed by atoms with Crippen LogP contribution in [-0.4, -0.2) is 39.6 Å². The zero-order chi connectivity index (χ0) is 17.8. The molecule has 0 aromatic rings. The third-order valence-electron chi connectivity index (χ3n) is 3.61. The van der Waals surface area contributed by atoms with Crippen molar-refractivity contribution in [3.63, 3.8) is 0 Å². The highest BCUT2D eigenvalue weighted by Gasteiger charge is 2.67. The van der Waals surface area contributed by atoms with E-state index in [1.807, 2.05) is 13.8 Å². The van der Waals surface area contributed by atoms with Crippen molar-refractivity contribution in [2.75, 3.05) is 13.1 Å². The molecule has 0 fully saturated rings. The fourth-order valence-electron chi connectivity index (χ4n) is 2.48. The van der Waals surface area contributed by atoms with E-state index in [0.717, 1.165) is 6.08 Å². The first kappa shape index (κ1) is 18.9. The second kappa shape index (κ2) is 6.97. The molecule has 0 heterocycles. The van der Waals surface area contributed by atoms with Gasteiger partial charge in [-0.15, -0.1) is 0 Å². The van der Waals surface area contributed by atoms with Gasteiger partial charge in [-0.3, -0.25) is 20.2 Å². The van der Waals surface area contributed by atoms with Crippen molar-refractivity contribution in [1.29, 1.82) is 0 Å². The van der Waals surface area contributed by atoms with Crippen LogP contribution in [0.3, 0.4) is 0 Å². The van der Waals surface area contributed by atoms with Crippen LogP contribution in [0.5, 0.6) is 0 Å². The monoisotopic (exact) mass is 337 g/mol. The molecule has 1 rings (SSSR count). The van der Waals surface area contributed by atoms with Gasteiger partial charge < -0.3 is 4.90 Å². The molecule has 0 saturated heterocycles. The molecule has 1 aliphatic carbocycles. The molecule has 0 N–H and O–H groups in total. The molecule has 10 heteroatoms. The van der Waals surface area contributed by atoms with Crippen LogP contribution in [0.25, 0.3) is 0 Å². The van der Waals surface area contributed by atoms with Crippen LogP contribution >= 0.6 is 0 Å². The lowest BCUT2D eigenvalue weighted by atomic mass is 9.87. The summed E-state index contributed by atoms with van der Waals surface area (Å²) < 4.78 is 39.5. The first-order chi connectivity index (χ1) is 10.6. The van der Waals surface area contributed by atoms with Crippen LogP contribution in [0, 0.1) is 20.2 Å². The lowest BCUT2D eigenvalue weighted by Crippen LogP contribution is -2.52. The van der Waals surface area contributed by atoms with Crippen molar-refractivity contribution in [3.05, 3.63) is 43.8 Å². The van der Waals surface area contributed by atoms with Gasteiger partial charge >= 0.3 is 11.7 Å². The van der Waals surface area contributed by atoms with Crippen molar-refractivity contribution >= 4 is 0 Å². The van der Waals surface area contributed by atoms with Gasteiger partial charge in [0.05, 0.1) is 4.92 Å². The maximum Gasteiger partial charge on any atom is 0.465 e. The van der Waals surface area contributed by atoms with E-state index in [1.54, 1.807) is 4.90 Å². The van der Waals surface area contributed by atoms with Crippen LogP contribution < -0.4 is 0 Å². The summed E-state index contributed by atoms with van der Waals surface area (Å²) in [5.74, 6) is 0. The first-order valence-corrected chi connectivity index (χ1v) is 7.13. The quantitative estimate of drug-likeness (QED) is 0.526. The average Bonchev–Trinajstić information content (AvgIpc) is 2.44. The molecule has 7 nitrogen and oxygen atoms in total. The van der Waals surface area contributed by atoms with Gasteiger partial charge in [-0.1, -0.05) is 13.8 Å². The highest BCUT2D eigenvalue weighted by atomic mass is 19.4. The number of hydrogen-bond acceptors (Lipinski definition) is 5. The topological polar surface area (TPSA) is 89.5 Å². The Hall–Kier alpha value is -2.13. The highest BCUT2D eigenvalue weighted by molar-refractivity contribution is 5.31. The van der Waals surface area contributed by atoms with Gasteiger partial charge in [0.25, 0.3) is 5.70 Å². The Morgan fingerprint density at radius 1 is 1.22 bits per heavy atom. The minimum Gasteiger partial charge on any atom is -0.366 e. The molecule has 0 spiro atoms. The number of alkyl halides is 3. The molecule has 0 bridgehead atoms. The van der Waals surface area contributed by atoms with E-state index in [4.69, 9.17) is 0 Å². The van der Waals surface area contributed by atoms with E-state index in [9.17, 15) is 33.4 Å². The van der Waals surface area contributed by atoms with Crippen LogP contribution in [0.2, 0.25) is 0 Å². The maximum absolute atomic E-state index is 13.2. The number of nitrogens with zero attached hydrogens (tertiary/aromatic N) is 3. The summed E-state index contributed by atoms with van der Waals surface area (Å²) in [6.45, 7) is 4.50. The van der Waals surface area contributed by atoms with Crippen LogP contribution in [0.1, 0.15) is 33.1 Å². The molecule has 1 atom stereocenters. The number of hydrogen-bond donors (Lipinski definition) is 0. The molecule has 130 valence electrons. The summed E-state index contributed by atoms with van der Waals surface area (Å²) in [6.07, 6.45) is -3.97. The smallest absolute Gasteiger partial charge is 0.366 e. The second-order valence-corrected chi connectivity index (χ2v) is 5.27. The molecule has 23 heavy (non-hydrogen) atoms. The van der Waals surface area contributed by atoms with E-state index in [1.165, 1.54) is 0 Å². The van der Waals surface area contributed by atoms with Crippen LogP contribution in [-0.2, 0) is 0 Å². The van der Waals surface area contributed by atoms with Gasteiger partial charge in [0, 0.05) is 24.1 Å². The lowest BCUT2D eigenvalue weighted by molar-refractivity contribution is -0.602. The molecule has 1 aliphatic rings. The Balaban J connectivity index is 3.38. The number of rotatable bonds is 7. The van der Waals surface area contributed by atoms with Crippen molar-refractivity contribution in [2.24, 2.45) is 0 Å². The zero-order valence-corrected chi connectivity index (χ0v) is 12.8. The molecule has 0 saturated carbocycles. The van der Waals surface area contributed by atoms with Crippen LogP contribution in [0.4, 0.5) is 13.2 Å². The highest BCUT2D eigenvalue weighted by Crippen LogP contribution is 2.43. The van der Waals surface area contributed by atoms with Gasteiger partial charge in [0.2, 0.25) is 0 Å². The van der Waals surface area contributed by atoms with E-state index in [2.05, 4.69) is 0 Å². The lowest BCUT2D eigenvalue weighted by Gasteiger charge is -2.30. The Labute approximate surface area is 130 Å². The molecule has 0 aromatic carbocycles. The minimum absolute atomic E-state index is 0.0143. The SMILES string of the molecule is CCCN(CCC)C1=C([N+](=O)[O-])CC([N+](=O)[O-])(C(F)(F)F)C=C1. The number of halogens is 3. The Kier molecular flexibility index (Phi) is 5.73. The summed E-state index contributed by atoms with van der Waals surface area (Å²) in [4.78, 5) is 21.3. The molecule has 1 unspecified atom stereocenters. The third kappa shape index (κ3) is 3.62. The summed E-state index contributed by atoms with van der Waals surface area (Å²) in [5, 5.41) is 22.2. The fourth-order valence-corrected chi connectivity index (χ4v) is 2.48. The number of nitro groups is 2. The Bertz CT molecular complexity index is 539. The summed E-state index contributed by atoms with van der Waals surface area (Å²) in [6, 6.07) is 0. The van der Waals surface area contributed by atoms with Crippen LogP contribution in [0.15, 0.2) is 23.5 Å². The van der Waals surface area contributed by atoms with Gasteiger partial charge in [0.15, 0.2) is 0 Å². The molecule has 0 aliphatic heterocycles. The van der Waals surface area contributed by atoms with Gasteiger partial charge in [-0.2, -0.15) is 13.2 Å². The summed E-state index contributed by atoms with van der Waals surface area (Å²) in [7, 11) is 0. The molecule has 0 aromatic heterocycles. The Morgan fingerprint density at radius 2 is 1.74 bits per heavy atom. The summed E-state index contributed by atoms with van der Waals surface area (Å²) in [5.41, 5.74) is -4.22. The molecule has 0 amide bonds. The second-order valence-electron chi connectivity index (χ2n) is 5.27. The van der Waals surface area contributed by atoms with Gasteiger partial charge in [0.1, 0.15) is 12.1 Å². The average molecular weight is 337 g/mol. The van der Waals surface area contributed by atoms with Crippen molar-refractivity contribution in [2.45, 2.75) is 44.8 Å². The minimum atomic E-state index is -5.22. The standard InChI is InChI=1S/C13H18F3N3O4/c1-3-7-17(8-4-2)10-5-6-12(19(22)23,13(14,15)16)9-11(10)18(20)21/h5-6H,3-4,7-9H2,1-2H3. The molecular formula is C13H18F3N3O4. The fraction of sp³-hybridized carbons (Fsp3) is 0.692. The molecule has 0 radical (unpaired) electrons.